The van der Waals surface area contributed by atoms with E-state index in [9.17, 15) is 19.7 Å². The third-order valence-electron chi connectivity index (χ3n) is 2.96. The van der Waals surface area contributed by atoms with Gasteiger partial charge in [-0.05, 0) is 18.4 Å². The predicted molar refractivity (Wildman–Crippen MR) is 83.3 cm³/mol. The molecule has 0 heterocycles. The quantitative estimate of drug-likeness (QED) is 0.447. The summed E-state index contributed by atoms with van der Waals surface area (Å²) in [7, 11) is 1.33. The highest BCUT2D eigenvalue weighted by molar-refractivity contribution is 5.94. The number of carbonyl (C=O) groups is 2. The number of ether oxygens (including phenoxy) is 2. The van der Waals surface area contributed by atoms with Crippen LogP contribution in [0.2, 0.25) is 0 Å². The van der Waals surface area contributed by atoms with Crippen molar-refractivity contribution in [2.75, 3.05) is 19.0 Å². The van der Waals surface area contributed by atoms with Crippen molar-refractivity contribution in [3.05, 3.63) is 28.3 Å². The van der Waals surface area contributed by atoms with E-state index in [2.05, 4.69) is 5.32 Å². The molecule has 1 N–H and O–H groups in total. The fourth-order valence-electron chi connectivity index (χ4n) is 1.71. The van der Waals surface area contributed by atoms with E-state index in [1.807, 2.05) is 13.8 Å². The summed E-state index contributed by atoms with van der Waals surface area (Å²) in [4.78, 5) is 33.3. The minimum atomic E-state index is -0.565. The molecule has 0 fully saturated rings. The molecule has 0 saturated heterocycles. The summed E-state index contributed by atoms with van der Waals surface area (Å²) in [6.45, 7) is 3.55. The first-order valence-electron chi connectivity index (χ1n) is 7.11. The van der Waals surface area contributed by atoms with Gasteiger partial charge >= 0.3 is 5.97 Å². The number of carbonyl (C=O) groups excluding carboxylic acids is 2. The van der Waals surface area contributed by atoms with Crippen molar-refractivity contribution in [3.8, 4) is 5.75 Å². The van der Waals surface area contributed by atoms with E-state index >= 15 is 0 Å². The van der Waals surface area contributed by atoms with Gasteiger partial charge in [0.05, 0.1) is 23.8 Å². The lowest BCUT2D eigenvalue weighted by atomic mass is 10.1. The number of methoxy groups -OCH3 is 1. The molecule has 0 aliphatic rings. The van der Waals surface area contributed by atoms with E-state index in [1.165, 1.54) is 25.3 Å². The van der Waals surface area contributed by atoms with E-state index in [0.29, 0.717) is 12.3 Å². The van der Waals surface area contributed by atoms with Gasteiger partial charge in [0.2, 0.25) is 0 Å². The topological polar surface area (TPSA) is 108 Å². The highest BCUT2D eigenvalue weighted by atomic mass is 16.6. The zero-order valence-corrected chi connectivity index (χ0v) is 13.3. The third-order valence-corrected chi connectivity index (χ3v) is 2.96. The summed E-state index contributed by atoms with van der Waals surface area (Å²) in [5.74, 6) is -0.459. The molecule has 0 unspecified atom stereocenters. The summed E-state index contributed by atoms with van der Waals surface area (Å²) in [6, 6.07) is 3.80. The molecule has 1 amide bonds. The molecule has 0 atom stereocenters. The Morgan fingerprint density at radius 2 is 2.04 bits per heavy atom. The number of nitro groups is 1. The number of nitro benzene ring substituents is 1. The normalized spacial score (nSPS) is 10.3. The minimum absolute atomic E-state index is 0.152. The molecule has 1 aromatic rings. The Labute approximate surface area is 133 Å². The van der Waals surface area contributed by atoms with Crippen LogP contribution in [-0.2, 0) is 14.3 Å². The zero-order chi connectivity index (χ0) is 17.4. The van der Waals surface area contributed by atoms with Crippen LogP contribution < -0.4 is 10.1 Å². The smallest absolute Gasteiger partial charge is 0.306 e. The lowest BCUT2D eigenvalue weighted by Gasteiger charge is -2.10. The van der Waals surface area contributed by atoms with Gasteiger partial charge in [-0.2, -0.15) is 0 Å². The number of esters is 1. The van der Waals surface area contributed by atoms with Gasteiger partial charge in [0.1, 0.15) is 5.75 Å². The van der Waals surface area contributed by atoms with Crippen LogP contribution in [0.4, 0.5) is 11.4 Å². The van der Waals surface area contributed by atoms with Crippen LogP contribution in [0.15, 0.2) is 18.2 Å². The molecule has 0 aromatic heterocycles. The number of nitrogens with zero attached hydrogens (tertiary/aromatic N) is 1. The molecule has 1 rings (SSSR count). The number of rotatable bonds is 8. The number of hydrogen-bond acceptors (Lipinski definition) is 6. The van der Waals surface area contributed by atoms with Crippen molar-refractivity contribution < 1.29 is 24.0 Å². The van der Waals surface area contributed by atoms with Crippen LogP contribution in [0.25, 0.3) is 0 Å². The predicted octanol–water partition coefficient (Wildman–Crippen LogP) is 2.52. The standard InChI is InChI=1S/C15H20N2O6/c1-10(2)4-7-15(19)23-9-14(18)16-12-6-5-11(17(20)21)8-13(12)22-3/h5-6,8,10H,4,7,9H2,1-3H3,(H,16,18). The van der Waals surface area contributed by atoms with Crippen LogP contribution in [0.1, 0.15) is 26.7 Å². The lowest BCUT2D eigenvalue weighted by Crippen LogP contribution is -2.21. The van der Waals surface area contributed by atoms with Crippen LogP contribution >= 0.6 is 0 Å². The van der Waals surface area contributed by atoms with Crippen molar-refractivity contribution in [1.29, 1.82) is 0 Å². The molecule has 8 heteroatoms. The second kappa shape index (κ2) is 8.72. The summed E-state index contributed by atoms with van der Waals surface area (Å²) in [5.41, 5.74) is 0.112. The average Bonchev–Trinajstić information content (AvgIpc) is 2.51. The average molecular weight is 324 g/mol. The molecule has 0 aliphatic carbocycles. The second-order valence-electron chi connectivity index (χ2n) is 5.28. The van der Waals surface area contributed by atoms with E-state index < -0.39 is 23.4 Å². The molecule has 0 aliphatic heterocycles. The number of non-ortho nitro benzene ring substituents is 1. The first kappa shape index (κ1) is 18.4. The van der Waals surface area contributed by atoms with Crippen LogP contribution in [0.5, 0.6) is 5.75 Å². The Kier molecular flexibility index (Phi) is 6.98. The van der Waals surface area contributed by atoms with E-state index in [1.54, 1.807) is 0 Å². The third kappa shape index (κ3) is 6.33. The van der Waals surface area contributed by atoms with Gasteiger partial charge in [-0.1, -0.05) is 13.8 Å². The molecule has 126 valence electrons. The van der Waals surface area contributed by atoms with E-state index in [0.717, 1.165) is 0 Å². The summed E-state index contributed by atoms with van der Waals surface area (Å²) >= 11 is 0. The highest BCUT2D eigenvalue weighted by Gasteiger charge is 2.14. The molecule has 0 spiro atoms. The second-order valence-corrected chi connectivity index (χ2v) is 5.28. The highest BCUT2D eigenvalue weighted by Crippen LogP contribution is 2.28. The minimum Gasteiger partial charge on any atom is -0.494 e. The van der Waals surface area contributed by atoms with E-state index in [4.69, 9.17) is 9.47 Å². The summed E-state index contributed by atoms with van der Waals surface area (Å²) < 4.78 is 9.86. The monoisotopic (exact) mass is 324 g/mol. The maximum absolute atomic E-state index is 11.8. The Balaban J connectivity index is 2.57. The maximum atomic E-state index is 11.8. The Hall–Kier alpha value is -2.64. The Bertz CT molecular complexity index is 585. The van der Waals surface area contributed by atoms with Gasteiger partial charge in [-0.3, -0.25) is 19.7 Å². The first-order valence-corrected chi connectivity index (χ1v) is 7.11. The largest absolute Gasteiger partial charge is 0.494 e. The SMILES string of the molecule is COc1cc([N+](=O)[O-])ccc1NC(=O)COC(=O)CCC(C)C. The number of benzene rings is 1. The molecule has 0 saturated carbocycles. The van der Waals surface area contributed by atoms with Crippen LogP contribution in [0.3, 0.4) is 0 Å². The molecule has 1 aromatic carbocycles. The van der Waals surface area contributed by atoms with Gasteiger partial charge in [-0.15, -0.1) is 0 Å². The van der Waals surface area contributed by atoms with Crippen molar-refractivity contribution in [3.63, 3.8) is 0 Å². The first-order chi connectivity index (χ1) is 10.8. The molecule has 23 heavy (non-hydrogen) atoms. The lowest BCUT2D eigenvalue weighted by molar-refractivity contribution is -0.384. The van der Waals surface area contributed by atoms with Crippen molar-refractivity contribution in [2.24, 2.45) is 5.92 Å². The Morgan fingerprint density at radius 3 is 2.61 bits per heavy atom. The molecule has 8 nitrogen and oxygen atoms in total. The zero-order valence-electron chi connectivity index (χ0n) is 13.3. The number of nitrogens with one attached hydrogen (secondary N) is 1. The molecular formula is C15H20N2O6. The maximum Gasteiger partial charge on any atom is 0.306 e. The molecule has 0 radical (unpaired) electrons. The van der Waals surface area contributed by atoms with Gasteiger partial charge < -0.3 is 14.8 Å². The van der Waals surface area contributed by atoms with E-state index in [-0.39, 0.29) is 23.5 Å². The van der Waals surface area contributed by atoms with Gasteiger partial charge in [0.15, 0.2) is 6.61 Å². The fourth-order valence-corrected chi connectivity index (χ4v) is 1.71. The Morgan fingerprint density at radius 1 is 1.35 bits per heavy atom. The van der Waals surface area contributed by atoms with Gasteiger partial charge in [-0.25, -0.2) is 0 Å². The van der Waals surface area contributed by atoms with Crippen molar-refractivity contribution >= 4 is 23.3 Å². The summed E-state index contributed by atoms with van der Waals surface area (Å²) in [5, 5.41) is 13.2. The molecular weight excluding hydrogens is 304 g/mol. The number of anilines is 1. The van der Waals surface area contributed by atoms with Crippen molar-refractivity contribution in [2.45, 2.75) is 26.7 Å². The van der Waals surface area contributed by atoms with Crippen molar-refractivity contribution in [1.82, 2.24) is 0 Å². The molecule has 0 bridgehead atoms. The van der Waals surface area contributed by atoms with Crippen LogP contribution in [0, 0.1) is 16.0 Å². The number of hydrogen-bond donors (Lipinski definition) is 1. The van der Waals surface area contributed by atoms with Gasteiger partial charge in [0, 0.05) is 12.5 Å². The number of amides is 1. The fraction of sp³-hybridized carbons (Fsp3) is 0.467. The summed E-state index contributed by atoms with van der Waals surface area (Å²) in [6.07, 6.45) is 0.947. The van der Waals surface area contributed by atoms with Gasteiger partial charge in [0.25, 0.3) is 11.6 Å². The van der Waals surface area contributed by atoms with Crippen LogP contribution in [-0.4, -0.2) is 30.5 Å².